The number of nitrogens with one attached hydrogen (secondary N) is 2. The molecule has 0 unspecified atom stereocenters. The van der Waals surface area contributed by atoms with Gasteiger partial charge in [0.05, 0.1) is 5.39 Å². The molecule has 22 heavy (non-hydrogen) atoms. The van der Waals surface area contributed by atoms with Crippen LogP contribution in [0.25, 0.3) is 11.0 Å². The first-order valence-corrected chi connectivity index (χ1v) is 6.92. The molecule has 1 amide bonds. The molecule has 0 radical (unpaired) electrons. The van der Waals surface area contributed by atoms with Crippen molar-refractivity contribution < 1.29 is 9.53 Å². The fourth-order valence-corrected chi connectivity index (χ4v) is 2.22. The van der Waals surface area contributed by atoms with Crippen molar-refractivity contribution in [1.29, 1.82) is 0 Å². The lowest BCUT2D eigenvalue weighted by Crippen LogP contribution is -2.21. The van der Waals surface area contributed by atoms with Gasteiger partial charge in [0.15, 0.2) is 6.61 Å². The van der Waals surface area contributed by atoms with Crippen LogP contribution in [0.5, 0.6) is 5.75 Å². The van der Waals surface area contributed by atoms with Gasteiger partial charge >= 0.3 is 0 Å². The van der Waals surface area contributed by atoms with Gasteiger partial charge < -0.3 is 15.0 Å². The molecular formula is C16H16N4O2. The van der Waals surface area contributed by atoms with E-state index in [0.29, 0.717) is 17.2 Å². The summed E-state index contributed by atoms with van der Waals surface area (Å²) in [6.45, 7) is 3.85. The Hall–Kier alpha value is -2.89. The number of H-pyrrole nitrogens is 1. The SMILES string of the molecule is Cc1[nH]c2ncnc(NC(=O)COc3ccccc3)c2c1C. The highest BCUT2D eigenvalue weighted by Crippen LogP contribution is 2.25. The van der Waals surface area contributed by atoms with E-state index in [-0.39, 0.29) is 12.5 Å². The molecule has 1 aromatic carbocycles. The van der Waals surface area contributed by atoms with E-state index in [1.54, 1.807) is 12.1 Å². The quantitative estimate of drug-likeness (QED) is 0.775. The Morgan fingerprint density at radius 3 is 2.77 bits per heavy atom. The highest BCUT2D eigenvalue weighted by molar-refractivity contribution is 6.00. The van der Waals surface area contributed by atoms with E-state index < -0.39 is 0 Å². The lowest BCUT2D eigenvalue weighted by atomic mass is 10.2. The normalized spacial score (nSPS) is 10.6. The second kappa shape index (κ2) is 5.85. The monoisotopic (exact) mass is 296 g/mol. The highest BCUT2D eigenvalue weighted by atomic mass is 16.5. The molecule has 0 bridgehead atoms. The largest absolute Gasteiger partial charge is 0.484 e. The van der Waals surface area contributed by atoms with Crippen LogP contribution >= 0.6 is 0 Å². The summed E-state index contributed by atoms with van der Waals surface area (Å²) < 4.78 is 5.42. The van der Waals surface area contributed by atoms with Crippen LogP contribution < -0.4 is 10.1 Å². The van der Waals surface area contributed by atoms with Gasteiger partial charge in [-0.2, -0.15) is 0 Å². The summed E-state index contributed by atoms with van der Waals surface area (Å²) >= 11 is 0. The van der Waals surface area contributed by atoms with Crippen molar-refractivity contribution in [2.24, 2.45) is 0 Å². The Kier molecular flexibility index (Phi) is 3.74. The summed E-state index contributed by atoms with van der Waals surface area (Å²) in [7, 11) is 0. The van der Waals surface area contributed by atoms with Crippen molar-refractivity contribution >= 4 is 22.8 Å². The minimum atomic E-state index is -0.262. The van der Waals surface area contributed by atoms with Crippen molar-refractivity contribution in [2.45, 2.75) is 13.8 Å². The molecule has 112 valence electrons. The summed E-state index contributed by atoms with van der Waals surface area (Å²) in [5.74, 6) is 0.884. The van der Waals surface area contributed by atoms with Gasteiger partial charge in [-0.1, -0.05) is 18.2 Å². The molecule has 0 aliphatic rings. The number of ether oxygens (including phenoxy) is 1. The van der Waals surface area contributed by atoms with Gasteiger partial charge in [-0.15, -0.1) is 0 Å². The molecule has 3 aromatic rings. The van der Waals surface area contributed by atoms with Crippen LogP contribution in [0.2, 0.25) is 0 Å². The third-order valence-electron chi connectivity index (χ3n) is 3.46. The molecule has 2 heterocycles. The molecular weight excluding hydrogens is 280 g/mol. The van der Waals surface area contributed by atoms with Crippen LogP contribution in [-0.4, -0.2) is 27.5 Å². The molecule has 6 nitrogen and oxygen atoms in total. The number of carbonyl (C=O) groups excluding carboxylic acids is 1. The predicted octanol–water partition coefficient (Wildman–Crippen LogP) is 2.59. The van der Waals surface area contributed by atoms with E-state index in [1.807, 2.05) is 32.0 Å². The van der Waals surface area contributed by atoms with Crippen LogP contribution in [0.1, 0.15) is 11.3 Å². The molecule has 6 heteroatoms. The van der Waals surface area contributed by atoms with Crippen molar-refractivity contribution in [2.75, 3.05) is 11.9 Å². The maximum absolute atomic E-state index is 12.0. The Balaban J connectivity index is 1.74. The third kappa shape index (κ3) is 2.76. The average molecular weight is 296 g/mol. The van der Waals surface area contributed by atoms with Crippen LogP contribution in [-0.2, 0) is 4.79 Å². The number of carbonyl (C=O) groups is 1. The molecule has 2 aromatic heterocycles. The first kappa shape index (κ1) is 14.1. The van der Waals surface area contributed by atoms with Crippen LogP contribution in [0.15, 0.2) is 36.7 Å². The number of aromatic amines is 1. The van der Waals surface area contributed by atoms with E-state index in [0.717, 1.165) is 16.6 Å². The number of para-hydroxylation sites is 1. The topological polar surface area (TPSA) is 79.9 Å². The lowest BCUT2D eigenvalue weighted by Gasteiger charge is -2.07. The summed E-state index contributed by atoms with van der Waals surface area (Å²) in [5.41, 5.74) is 2.74. The predicted molar refractivity (Wildman–Crippen MR) is 83.9 cm³/mol. The third-order valence-corrected chi connectivity index (χ3v) is 3.46. The van der Waals surface area contributed by atoms with E-state index in [1.165, 1.54) is 6.33 Å². The molecule has 0 atom stereocenters. The number of anilines is 1. The molecule has 0 saturated carbocycles. The maximum Gasteiger partial charge on any atom is 0.263 e. The van der Waals surface area contributed by atoms with Crippen LogP contribution in [0.3, 0.4) is 0 Å². The zero-order valence-electron chi connectivity index (χ0n) is 12.4. The second-order valence-electron chi connectivity index (χ2n) is 4.97. The number of fused-ring (bicyclic) bond motifs is 1. The Morgan fingerprint density at radius 2 is 2.00 bits per heavy atom. The smallest absolute Gasteiger partial charge is 0.263 e. The number of aromatic nitrogens is 3. The fourth-order valence-electron chi connectivity index (χ4n) is 2.22. The molecule has 0 fully saturated rings. The standard InChI is InChI=1S/C16H16N4O2/c1-10-11(2)19-15-14(10)16(18-9-17-15)20-13(21)8-22-12-6-4-3-5-7-12/h3-7,9H,8H2,1-2H3,(H2,17,18,19,20,21). The number of aryl methyl sites for hydroxylation is 2. The maximum atomic E-state index is 12.0. The van der Waals surface area contributed by atoms with Crippen molar-refractivity contribution in [3.05, 3.63) is 47.9 Å². The van der Waals surface area contributed by atoms with Gasteiger partial charge in [0.2, 0.25) is 0 Å². The van der Waals surface area contributed by atoms with E-state index in [2.05, 4.69) is 20.3 Å². The fraction of sp³-hybridized carbons (Fsp3) is 0.188. The first-order chi connectivity index (χ1) is 10.6. The van der Waals surface area contributed by atoms with Crippen LogP contribution in [0.4, 0.5) is 5.82 Å². The Labute approximate surface area is 127 Å². The zero-order valence-corrected chi connectivity index (χ0v) is 12.4. The summed E-state index contributed by atoms with van der Waals surface area (Å²) in [4.78, 5) is 23.5. The zero-order chi connectivity index (χ0) is 15.5. The van der Waals surface area contributed by atoms with E-state index in [4.69, 9.17) is 4.74 Å². The average Bonchev–Trinajstić information content (AvgIpc) is 2.82. The molecule has 3 rings (SSSR count). The second-order valence-corrected chi connectivity index (χ2v) is 4.97. The number of benzene rings is 1. The van der Waals surface area contributed by atoms with Gasteiger partial charge in [-0.05, 0) is 31.5 Å². The highest BCUT2D eigenvalue weighted by Gasteiger charge is 2.13. The van der Waals surface area contributed by atoms with Gasteiger partial charge in [-0.3, -0.25) is 4.79 Å². The Morgan fingerprint density at radius 1 is 1.23 bits per heavy atom. The number of hydrogen-bond acceptors (Lipinski definition) is 4. The van der Waals surface area contributed by atoms with Crippen molar-refractivity contribution in [1.82, 2.24) is 15.0 Å². The van der Waals surface area contributed by atoms with Gasteiger partial charge in [-0.25, -0.2) is 9.97 Å². The number of hydrogen-bond donors (Lipinski definition) is 2. The van der Waals surface area contributed by atoms with Crippen molar-refractivity contribution in [3.8, 4) is 5.75 Å². The Bertz CT molecular complexity index is 812. The summed E-state index contributed by atoms with van der Waals surface area (Å²) in [6.07, 6.45) is 1.42. The van der Waals surface area contributed by atoms with Crippen molar-refractivity contribution in [3.63, 3.8) is 0 Å². The lowest BCUT2D eigenvalue weighted by molar-refractivity contribution is -0.118. The van der Waals surface area contributed by atoms with Crippen LogP contribution in [0, 0.1) is 13.8 Å². The number of rotatable bonds is 4. The molecule has 0 saturated heterocycles. The minimum absolute atomic E-state index is 0.0715. The number of nitrogens with zero attached hydrogens (tertiary/aromatic N) is 2. The summed E-state index contributed by atoms with van der Waals surface area (Å²) in [5, 5.41) is 3.60. The molecule has 2 N–H and O–H groups in total. The molecule has 0 aliphatic heterocycles. The number of amides is 1. The van der Waals surface area contributed by atoms with Gasteiger partial charge in [0, 0.05) is 5.69 Å². The summed E-state index contributed by atoms with van der Waals surface area (Å²) in [6, 6.07) is 9.20. The first-order valence-electron chi connectivity index (χ1n) is 6.92. The van der Waals surface area contributed by atoms with Gasteiger partial charge in [0.25, 0.3) is 5.91 Å². The minimum Gasteiger partial charge on any atom is -0.484 e. The van der Waals surface area contributed by atoms with E-state index >= 15 is 0 Å². The molecule has 0 spiro atoms. The van der Waals surface area contributed by atoms with Gasteiger partial charge in [0.1, 0.15) is 23.5 Å². The molecule has 0 aliphatic carbocycles. The van der Waals surface area contributed by atoms with E-state index in [9.17, 15) is 4.79 Å².